The lowest BCUT2D eigenvalue weighted by Crippen LogP contribution is -1.98. The van der Waals surface area contributed by atoms with Crippen molar-refractivity contribution in [2.45, 2.75) is 13.5 Å². The Morgan fingerprint density at radius 3 is 2.79 bits per heavy atom. The highest BCUT2D eigenvalue weighted by Gasteiger charge is 2.02. The highest BCUT2D eigenvalue weighted by molar-refractivity contribution is 5.93. The standard InChI is InChI=1S/C11H13N3/c1-7-6-14-11(13)9-3-2-8(5-12)4-10(7)9/h2-4,6H,5,12H2,1H3,(H2,13,14). The molecule has 1 heterocycles. The predicted molar refractivity (Wildman–Crippen MR) is 58.8 cm³/mol. The lowest BCUT2D eigenvalue weighted by molar-refractivity contribution is 1.07. The van der Waals surface area contributed by atoms with Crippen LogP contribution in [0.1, 0.15) is 11.1 Å². The van der Waals surface area contributed by atoms with Crippen molar-refractivity contribution in [1.29, 1.82) is 0 Å². The summed E-state index contributed by atoms with van der Waals surface area (Å²) in [5.74, 6) is 0.578. The van der Waals surface area contributed by atoms with Crippen molar-refractivity contribution < 1.29 is 0 Å². The van der Waals surface area contributed by atoms with Gasteiger partial charge in [-0.25, -0.2) is 4.98 Å². The van der Waals surface area contributed by atoms with E-state index in [9.17, 15) is 0 Å². The van der Waals surface area contributed by atoms with E-state index in [4.69, 9.17) is 11.5 Å². The van der Waals surface area contributed by atoms with Crippen LogP contribution in [0.2, 0.25) is 0 Å². The first-order valence-corrected chi connectivity index (χ1v) is 4.56. The Bertz CT molecular complexity index is 477. The van der Waals surface area contributed by atoms with Gasteiger partial charge in [-0.3, -0.25) is 0 Å². The third kappa shape index (κ3) is 1.32. The van der Waals surface area contributed by atoms with Crippen LogP contribution < -0.4 is 11.5 Å². The Morgan fingerprint density at radius 2 is 2.07 bits per heavy atom. The Kier molecular flexibility index (Phi) is 2.09. The number of aromatic nitrogens is 1. The second-order valence-electron chi connectivity index (χ2n) is 3.41. The number of anilines is 1. The molecular weight excluding hydrogens is 174 g/mol. The van der Waals surface area contributed by atoms with E-state index in [1.165, 1.54) is 0 Å². The monoisotopic (exact) mass is 187 g/mol. The number of nitrogen functional groups attached to an aromatic ring is 1. The van der Waals surface area contributed by atoms with E-state index >= 15 is 0 Å². The zero-order chi connectivity index (χ0) is 10.1. The molecule has 0 atom stereocenters. The number of hydrogen-bond acceptors (Lipinski definition) is 3. The van der Waals surface area contributed by atoms with Crippen molar-refractivity contribution >= 4 is 16.6 Å². The van der Waals surface area contributed by atoms with E-state index in [0.717, 1.165) is 21.9 Å². The van der Waals surface area contributed by atoms with E-state index in [2.05, 4.69) is 11.1 Å². The van der Waals surface area contributed by atoms with Gasteiger partial charge in [-0.05, 0) is 29.5 Å². The van der Waals surface area contributed by atoms with Gasteiger partial charge in [0.05, 0.1) is 0 Å². The molecule has 0 saturated carbocycles. The fourth-order valence-corrected chi connectivity index (χ4v) is 1.57. The number of rotatable bonds is 1. The lowest BCUT2D eigenvalue weighted by atomic mass is 10.0. The molecule has 0 fully saturated rings. The van der Waals surface area contributed by atoms with E-state index in [1.807, 2.05) is 19.1 Å². The first-order valence-electron chi connectivity index (χ1n) is 4.56. The summed E-state index contributed by atoms with van der Waals surface area (Å²) < 4.78 is 0. The van der Waals surface area contributed by atoms with E-state index in [1.54, 1.807) is 6.20 Å². The van der Waals surface area contributed by atoms with Gasteiger partial charge in [-0.2, -0.15) is 0 Å². The summed E-state index contributed by atoms with van der Waals surface area (Å²) in [6.07, 6.45) is 1.79. The van der Waals surface area contributed by atoms with Crippen molar-refractivity contribution in [1.82, 2.24) is 4.98 Å². The molecule has 3 heteroatoms. The SMILES string of the molecule is Cc1cnc(N)c2ccc(CN)cc12. The van der Waals surface area contributed by atoms with E-state index in [0.29, 0.717) is 12.4 Å². The minimum Gasteiger partial charge on any atom is -0.383 e. The first kappa shape index (κ1) is 8.97. The van der Waals surface area contributed by atoms with Gasteiger partial charge in [-0.15, -0.1) is 0 Å². The van der Waals surface area contributed by atoms with Crippen LogP contribution in [0.25, 0.3) is 10.8 Å². The maximum atomic E-state index is 5.77. The molecule has 0 aliphatic carbocycles. The molecule has 0 aliphatic rings. The second-order valence-corrected chi connectivity index (χ2v) is 3.41. The van der Waals surface area contributed by atoms with Gasteiger partial charge in [0.2, 0.25) is 0 Å². The molecule has 1 aromatic carbocycles. The molecule has 0 saturated heterocycles. The molecule has 0 spiro atoms. The topological polar surface area (TPSA) is 64.9 Å². The Labute approximate surface area is 82.7 Å². The smallest absolute Gasteiger partial charge is 0.131 e. The van der Waals surface area contributed by atoms with Crippen LogP contribution in [0, 0.1) is 6.92 Å². The molecule has 4 N–H and O–H groups in total. The minimum absolute atomic E-state index is 0.553. The molecule has 0 bridgehead atoms. The molecule has 2 rings (SSSR count). The van der Waals surface area contributed by atoms with Crippen LogP contribution >= 0.6 is 0 Å². The third-order valence-electron chi connectivity index (χ3n) is 2.42. The van der Waals surface area contributed by atoms with Crippen LogP contribution in [0.5, 0.6) is 0 Å². The molecule has 14 heavy (non-hydrogen) atoms. The average Bonchev–Trinajstić information content (AvgIpc) is 2.23. The average molecular weight is 187 g/mol. The highest BCUT2D eigenvalue weighted by Crippen LogP contribution is 2.23. The van der Waals surface area contributed by atoms with Gasteiger partial charge in [-0.1, -0.05) is 12.1 Å². The Balaban J connectivity index is 2.80. The summed E-state index contributed by atoms with van der Waals surface area (Å²) in [7, 11) is 0. The van der Waals surface area contributed by atoms with Gasteiger partial charge < -0.3 is 11.5 Å². The fraction of sp³-hybridized carbons (Fsp3) is 0.182. The van der Waals surface area contributed by atoms with Gasteiger partial charge >= 0.3 is 0 Å². The van der Waals surface area contributed by atoms with E-state index < -0.39 is 0 Å². The number of aryl methyl sites for hydroxylation is 1. The summed E-state index contributed by atoms with van der Waals surface area (Å²) in [5.41, 5.74) is 13.6. The van der Waals surface area contributed by atoms with Crippen LogP contribution in [0.4, 0.5) is 5.82 Å². The van der Waals surface area contributed by atoms with Crippen molar-refractivity contribution in [2.75, 3.05) is 5.73 Å². The van der Waals surface area contributed by atoms with Gasteiger partial charge in [0.25, 0.3) is 0 Å². The Morgan fingerprint density at radius 1 is 1.29 bits per heavy atom. The number of nitrogens with zero attached hydrogens (tertiary/aromatic N) is 1. The summed E-state index contributed by atoms with van der Waals surface area (Å²) in [6.45, 7) is 2.58. The summed E-state index contributed by atoms with van der Waals surface area (Å²) in [5, 5.41) is 2.14. The van der Waals surface area contributed by atoms with Crippen LogP contribution in [0.15, 0.2) is 24.4 Å². The zero-order valence-corrected chi connectivity index (χ0v) is 8.12. The number of pyridine rings is 1. The molecule has 0 radical (unpaired) electrons. The molecule has 2 aromatic rings. The summed E-state index contributed by atoms with van der Waals surface area (Å²) in [4.78, 5) is 4.11. The summed E-state index contributed by atoms with van der Waals surface area (Å²) >= 11 is 0. The number of hydrogen-bond donors (Lipinski definition) is 2. The van der Waals surface area contributed by atoms with Crippen molar-refractivity contribution in [3.63, 3.8) is 0 Å². The minimum atomic E-state index is 0.553. The molecule has 0 amide bonds. The van der Waals surface area contributed by atoms with Crippen LogP contribution in [-0.4, -0.2) is 4.98 Å². The van der Waals surface area contributed by atoms with Crippen LogP contribution in [0.3, 0.4) is 0 Å². The maximum Gasteiger partial charge on any atom is 0.131 e. The summed E-state index contributed by atoms with van der Waals surface area (Å²) in [6, 6.07) is 6.04. The van der Waals surface area contributed by atoms with Gasteiger partial charge in [0, 0.05) is 18.1 Å². The first-order chi connectivity index (χ1) is 6.72. The maximum absolute atomic E-state index is 5.77. The normalized spacial score (nSPS) is 10.7. The predicted octanol–water partition coefficient (Wildman–Crippen LogP) is 1.58. The van der Waals surface area contributed by atoms with Crippen molar-refractivity contribution in [2.24, 2.45) is 5.73 Å². The quantitative estimate of drug-likeness (QED) is 0.712. The van der Waals surface area contributed by atoms with E-state index in [-0.39, 0.29) is 0 Å². The van der Waals surface area contributed by atoms with Gasteiger partial charge in [0.1, 0.15) is 5.82 Å². The van der Waals surface area contributed by atoms with Crippen LogP contribution in [-0.2, 0) is 6.54 Å². The molecule has 0 aliphatic heterocycles. The molecule has 3 nitrogen and oxygen atoms in total. The lowest BCUT2D eigenvalue weighted by Gasteiger charge is -2.06. The third-order valence-corrected chi connectivity index (χ3v) is 2.42. The van der Waals surface area contributed by atoms with Crippen molar-refractivity contribution in [3.8, 4) is 0 Å². The number of benzene rings is 1. The number of nitrogens with two attached hydrogens (primary N) is 2. The largest absolute Gasteiger partial charge is 0.383 e. The second kappa shape index (κ2) is 3.27. The molecule has 0 unspecified atom stereocenters. The fourth-order valence-electron chi connectivity index (χ4n) is 1.57. The zero-order valence-electron chi connectivity index (χ0n) is 8.12. The van der Waals surface area contributed by atoms with Gasteiger partial charge in [0.15, 0.2) is 0 Å². The Hall–Kier alpha value is -1.61. The molecule has 72 valence electrons. The molecular formula is C11H13N3. The molecule has 1 aromatic heterocycles. The number of fused-ring (bicyclic) bond motifs is 1. The highest BCUT2D eigenvalue weighted by atomic mass is 14.8. The van der Waals surface area contributed by atoms with Crippen molar-refractivity contribution in [3.05, 3.63) is 35.5 Å².